The van der Waals surface area contributed by atoms with Crippen LogP contribution in [0.4, 0.5) is 0 Å². The van der Waals surface area contributed by atoms with Gasteiger partial charge in [-0.25, -0.2) is 13.4 Å². The Morgan fingerprint density at radius 2 is 2.14 bits per heavy atom. The van der Waals surface area contributed by atoms with Crippen LogP contribution >= 0.6 is 0 Å². The van der Waals surface area contributed by atoms with Crippen molar-refractivity contribution in [3.63, 3.8) is 0 Å². The Bertz CT molecular complexity index is 739. The molecule has 0 aliphatic carbocycles. The fourth-order valence-electron chi connectivity index (χ4n) is 1.82. The molecule has 112 valence electrons. The summed E-state index contributed by atoms with van der Waals surface area (Å²) in [6.45, 7) is 2.15. The lowest BCUT2D eigenvalue weighted by atomic mass is 10.1. The highest BCUT2D eigenvalue weighted by atomic mass is 32.2. The zero-order valence-electron chi connectivity index (χ0n) is 11.8. The Labute approximate surface area is 122 Å². The third-order valence-electron chi connectivity index (χ3n) is 2.99. The Morgan fingerprint density at radius 1 is 1.38 bits per heavy atom. The van der Waals surface area contributed by atoms with E-state index in [2.05, 4.69) is 20.5 Å². The van der Waals surface area contributed by atoms with E-state index in [4.69, 9.17) is 0 Å². The maximum Gasteiger partial charge on any atom is 0.251 e. The summed E-state index contributed by atoms with van der Waals surface area (Å²) in [7, 11) is -3.33. The number of H-pyrrole nitrogens is 1. The molecule has 21 heavy (non-hydrogen) atoms. The number of nitrogens with zero attached hydrogens (tertiary/aromatic N) is 2. The molecular weight excluding hydrogens is 292 g/mol. The van der Waals surface area contributed by atoms with Crippen LogP contribution < -0.4 is 5.32 Å². The van der Waals surface area contributed by atoms with E-state index in [9.17, 15) is 13.2 Å². The topological polar surface area (TPSA) is 105 Å². The van der Waals surface area contributed by atoms with E-state index in [1.54, 1.807) is 13.0 Å². The number of carbonyl (C=O) groups excluding carboxylic acids is 1. The van der Waals surface area contributed by atoms with E-state index in [1.807, 2.05) is 0 Å². The highest BCUT2D eigenvalue weighted by Crippen LogP contribution is 2.15. The molecule has 1 heterocycles. The molecule has 1 aromatic carbocycles. The number of hydrogen-bond donors (Lipinski definition) is 2. The van der Waals surface area contributed by atoms with Crippen LogP contribution in [0.3, 0.4) is 0 Å². The van der Waals surface area contributed by atoms with Gasteiger partial charge in [0, 0.05) is 24.8 Å². The van der Waals surface area contributed by atoms with Crippen molar-refractivity contribution < 1.29 is 13.2 Å². The number of aromatic nitrogens is 3. The Hall–Kier alpha value is -2.22. The maximum atomic E-state index is 12.1. The maximum absolute atomic E-state index is 12.1. The summed E-state index contributed by atoms with van der Waals surface area (Å²) in [4.78, 5) is 16.2. The molecule has 0 unspecified atom stereocenters. The van der Waals surface area contributed by atoms with Crippen molar-refractivity contribution in [2.45, 2.75) is 18.2 Å². The van der Waals surface area contributed by atoms with Crippen molar-refractivity contribution in [1.82, 2.24) is 20.5 Å². The predicted octanol–water partition coefficient (Wildman–Crippen LogP) is 0.489. The SMILES string of the molecule is Cc1ccc(S(C)(=O)=O)cc1C(=O)NCCc1ncn[nH]1. The van der Waals surface area contributed by atoms with Crippen molar-refractivity contribution in [3.8, 4) is 0 Å². The summed E-state index contributed by atoms with van der Waals surface area (Å²) in [6, 6.07) is 4.52. The number of amides is 1. The summed E-state index contributed by atoms with van der Waals surface area (Å²) in [5.41, 5.74) is 1.08. The highest BCUT2D eigenvalue weighted by molar-refractivity contribution is 7.90. The molecule has 8 heteroatoms. The molecule has 0 aliphatic heterocycles. The molecule has 1 amide bonds. The van der Waals surface area contributed by atoms with Gasteiger partial charge >= 0.3 is 0 Å². The van der Waals surface area contributed by atoms with Gasteiger partial charge in [0.1, 0.15) is 12.2 Å². The van der Waals surface area contributed by atoms with Gasteiger partial charge in [0.15, 0.2) is 9.84 Å². The van der Waals surface area contributed by atoms with Gasteiger partial charge < -0.3 is 5.32 Å². The lowest BCUT2D eigenvalue weighted by molar-refractivity contribution is 0.0953. The molecule has 0 saturated heterocycles. The Kier molecular flexibility index (Phi) is 4.37. The third-order valence-corrected chi connectivity index (χ3v) is 4.10. The van der Waals surface area contributed by atoms with Gasteiger partial charge in [0.2, 0.25) is 0 Å². The number of sulfone groups is 1. The number of hydrogen-bond acceptors (Lipinski definition) is 5. The normalized spacial score (nSPS) is 11.3. The zero-order valence-corrected chi connectivity index (χ0v) is 12.6. The van der Waals surface area contributed by atoms with Crippen LogP contribution in [0, 0.1) is 6.92 Å². The minimum Gasteiger partial charge on any atom is -0.352 e. The van der Waals surface area contributed by atoms with Gasteiger partial charge in [-0.05, 0) is 24.6 Å². The standard InChI is InChI=1S/C13H16N4O3S/c1-9-3-4-10(21(2,19)20)7-11(9)13(18)14-6-5-12-15-8-16-17-12/h3-4,7-8H,5-6H2,1-2H3,(H,14,18)(H,15,16,17). The molecule has 0 fully saturated rings. The number of aryl methyl sites for hydroxylation is 1. The fraction of sp³-hybridized carbons (Fsp3) is 0.308. The Balaban J connectivity index is 2.08. The van der Waals surface area contributed by atoms with Crippen molar-refractivity contribution >= 4 is 15.7 Å². The molecule has 1 aromatic heterocycles. The van der Waals surface area contributed by atoms with Gasteiger partial charge in [0.05, 0.1) is 4.90 Å². The lowest BCUT2D eigenvalue weighted by Crippen LogP contribution is -2.26. The second-order valence-electron chi connectivity index (χ2n) is 4.69. The molecule has 0 radical (unpaired) electrons. The second-order valence-corrected chi connectivity index (χ2v) is 6.70. The Morgan fingerprint density at radius 3 is 2.76 bits per heavy atom. The molecule has 2 rings (SSSR count). The van der Waals surface area contributed by atoms with Gasteiger partial charge in [-0.15, -0.1) is 0 Å². The molecule has 0 bridgehead atoms. The molecular formula is C13H16N4O3S. The van der Waals surface area contributed by atoms with E-state index in [-0.39, 0.29) is 10.8 Å². The largest absolute Gasteiger partial charge is 0.352 e. The van der Waals surface area contributed by atoms with Crippen LogP contribution in [0.5, 0.6) is 0 Å². The number of carbonyl (C=O) groups is 1. The molecule has 0 atom stereocenters. The van der Waals surface area contributed by atoms with Crippen LogP contribution in [-0.4, -0.2) is 42.3 Å². The number of aromatic amines is 1. The van der Waals surface area contributed by atoms with E-state index in [0.717, 1.165) is 11.8 Å². The number of benzene rings is 1. The predicted molar refractivity (Wildman–Crippen MR) is 76.7 cm³/mol. The second kappa shape index (κ2) is 6.04. The summed E-state index contributed by atoms with van der Waals surface area (Å²) in [5.74, 6) is 0.370. The van der Waals surface area contributed by atoms with Crippen molar-refractivity contribution in [3.05, 3.63) is 41.5 Å². The molecule has 0 spiro atoms. The minimum absolute atomic E-state index is 0.133. The van der Waals surface area contributed by atoms with Crippen LogP contribution in [-0.2, 0) is 16.3 Å². The number of rotatable bonds is 5. The van der Waals surface area contributed by atoms with Gasteiger partial charge in [-0.3, -0.25) is 9.89 Å². The first-order valence-corrected chi connectivity index (χ1v) is 8.20. The minimum atomic E-state index is -3.33. The van der Waals surface area contributed by atoms with E-state index >= 15 is 0 Å². The summed E-state index contributed by atoms with van der Waals surface area (Å²) < 4.78 is 23.1. The monoisotopic (exact) mass is 308 g/mol. The van der Waals surface area contributed by atoms with Crippen LogP contribution in [0.25, 0.3) is 0 Å². The van der Waals surface area contributed by atoms with E-state index < -0.39 is 9.84 Å². The average Bonchev–Trinajstić information content (AvgIpc) is 2.91. The first-order valence-electron chi connectivity index (χ1n) is 6.31. The zero-order chi connectivity index (χ0) is 15.5. The van der Waals surface area contributed by atoms with Crippen LogP contribution in [0.2, 0.25) is 0 Å². The first-order chi connectivity index (χ1) is 9.88. The smallest absolute Gasteiger partial charge is 0.251 e. The summed E-state index contributed by atoms with van der Waals surface area (Å²) in [5, 5.41) is 9.15. The lowest BCUT2D eigenvalue weighted by Gasteiger charge is -2.08. The third kappa shape index (κ3) is 3.88. The van der Waals surface area contributed by atoms with Gasteiger partial charge in [-0.1, -0.05) is 6.07 Å². The van der Waals surface area contributed by atoms with E-state index in [0.29, 0.717) is 24.4 Å². The highest BCUT2D eigenvalue weighted by Gasteiger charge is 2.14. The van der Waals surface area contributed by atoms with Crippen molar-refractivity contribution in [2.75, 3.05) is 12.8 Å². The summed E-state index contributed by atoms with van der Waals surface area (Å²) in [6.07, 6.45) is 3.04. The van der Waals surface area contributed by atoms with Crippen molar-refractivity contribution in [2.24, 2.45) is 0 Å². The molecule has 2 N–H and O–H groups in total. The van der Waals surface area contributed by atoms with Crippen molar-refractivity contribution in [1.29, 1.82) is 0 Å². The van der Waals surface area contributed by atoms with Crippen LogP contribution in [0.1, 0.15) is 21.7 Å². The fourth-order valence-corrected chi connectivity index (χ4v) is 2.46. The molecule has 7 nitrogen and oxygen atoms in total. The van der Waals surface area contributed by atoms with Gasteiger partial charge in [-0.2, -0.15) is 5.10 Å². The number of nitrogens with one attached hydrogen (secondary N) is 2. The van der Waals surface area contributed by atoms with Gasteiger partial charge in [0.25, 0.3) is 5.91 Å². The summed E-state index contributed by atoms with van der Waals surface area (Å²) >= 11 is 0. The van der Waals surface area contributed by atoms with Crippen LogP contribution in [0.15, 0.2) is 29.4 Å². The first kappa shape index (κ1) is 15.2. The average molecular weight is 308 g/mol. The van der Waals surface area contributed by atoms with E-state index in [1.165, 1.54) is 18.5 Å². The molecule has 2 aromatic rings. The molecule has 0 saturated carbocycles. The molecule has 0 aliphatic rings. The quantitative estimate of drug-likeness (QED) is 0.836.